The van der Waals surface area contributed by atoms with Crippen LogP contribution in [0.5, 0.6) is 0 Å². The topological polar surface area (TPSA) is 90.3 Å². The lowest BCUT2D eigenvalue weighted by molar-refractivity contribution is -0.120. The van der Waals surface area contributed by atoms with Crippen molar-refractivity contribution in [1.29, 1.82) is 0 Å². The van der Waals surface area contributed by atoms with Gasteiger partial charge in [0.2, 0.25) is 12.3 Å². The number of rotatable bonds is 4. The third-order valence-electron chi connectivity index (χ3n) is 7.70. The van der Waals surface area contributed by atoms with Gasteiger partial charge in [-0.05, 0) is 53.9 Å². The summed E-state index contributed by atoms with van der Waals surface area (Å²) in [5.41, 5.74) is 2.46. The number of benzene rings is 3. The summed E-state index contributed by atoms with van der Waals surface area (Å²) in [5, 5.41) is 20.6. The summed E-state index contributed by atoms with van der Waals surface area (Å²) < 4.78 is 5.23. The average Bonchev–Trinajstić information content (AvgIpc) is 3.13. The molecule has 0 radical (unpaired) electrons. The first-order valence-electron chi connectivity index (χ1n) is 11.4. The Hall–Kier alpha value is -3.39. The minimum absolute atomic E-state index is 0.0269. The molecule has 1 amide bonds. The summed E-state index contributed by atoms with van der Waals surface area (Å²) in [6.07, 6.45) is -0.533. The van der Waals surface area contributed by atoms with Gasteiger partial charge in [-0.1, -0.05) is 48.9 Å². The number of aliphatic hydroxyl groups is 1. The van der Waals surface area contributed by atoms with Crippen LogP contribution in [0.1, 0.15) is 34.8 Å². The molecule has 178 valence electrons. The molecule has 2 aliphatic heterocycles. The summed E-state index contributed by atoms with van der Waals surface area (Å²) in [6, 6.07) is 20.0. The van der Waals surface area contributed by atoms with E-state index in [0.29, 0.717) is 36.0 Å². The minimum Gasteiger partial charge on any atom is -0.478 e. The number of fused-ring (bicyclic) bond motifs is 2. The molecule has 3 aliphatic rings. The number of anilines is 3. The maximum atomic E-state index is 14.2. The number of halogens is 1. The zero-order chi connectivity index (χ0) is 24.5. The molecular formula is C27H23ClN2O5. The van der Waals surface area contributed by atoms with Crippen LogP contribution in [-0.2, 0) is 20.4 Å². The highest BCUT2D eigenvalue weighted by molar-refractivity contribution is 6.30. The lowest BCUT2D eigenvalue weighted by Gasteiger charge is -2.25. The van der Waals surface area contributed by atoms with Crippen molar-refractivity contribution in [3.8, 4) is 0 Å². The van der Waals surface area contributed by atoms with E-state index in [0.717, 1.165) is 16.8 Å². The molecule has 6 rings (SSSR count). The second-order valence-corrected chi connectivity index (χ2v) is 9.95. The molecule has 1 saturated carbocycles. The predicted octanol–water partition coefficient (Wildman–Crippen LogP) is 4.43. The molecule has 0 bridgehead atoms. The van der Waals surface area contributed by atoms with Crippen molar-refractivity contribution in [3.63, 3.8) is 0 Å². The average molecular weight is 491 g/mol. The molecule has 3 atom stereocenters. The maximum Gasteiger partial charge on any atom is 0.335 e. The Morgan fingerprint density at radius 1 is 1.09 bits per heavy atom. The zero-order valence-corrected chi connectivity index (χ0v) is 19.7. The van der Waals surface area contributed by atoms with Crippen molar-refractivity contribution in [2.24, 2.45) is 0 Å². The standard InChI is InChI=1S/C27H23ClN2O5/c1-26(17-6-8-18(28)9-7-17)15-27(26)21-4-2-3-5-22(21)30(24(27)33)20-13-16(23(31)32)12-19(14-20)29-10-11-35-25(29)34/h2-9,12-14,25,34H,10-11,15H2,1H3,(H,31,32)/t25?,26-,27-/m1/s1. The number of ether oxygens (including phenoxy) is 1. The number of para-hydroxylation sites is 1. The van der Waals surface area contributed by atoms with E-state index in [1.54, 1.807) is 15.9 Å². The number of hydrogen-bond acceptors (Lipinski definition) is 5. The number of carboxylic acids is 1. The molecule has 2 fully saturated rings. The molecule has 35 heavy (non-hydrogen) atoms. The minimum atomic E-state index is -1.17. The van der Waals surface area contributed by atoms with E-state index < -0.39 is 23.2 Å². The summed E-state index contributed by atoms with van der Waals surface area (Å²) in [7, 11) is 0. The Labute approximate surface area is 207 Å². The monoisotopic (exact) mass is 490 g/mol. The van der Waals surface area contributed by atoms with Crippen LogP contribution in [0.4, 0.5) is 17.1 Å². The number of carboxylic acid groups (broad SMARTS) is 1. The molecule has 0 aromatic heterocycles. The molecule has 1 saturated heterocycles. The van der Waals surface area contributed by atoms with Crippen molar-refractivity contribution in [3.05, 3.63) is 88.4 Å². The van der Waals surface area contributed by atoms with Gasteiger partial charge >= 0.3 is 5.97 Å². The quantitative estimate of drug-likeness (QED) is 0.562. The Bertz CT molecular complexity index is 1380. The van der Waals surface area contributed by atoms with Gasteiger partial charge in [0.15, 0.2) is 0 Å². The van der Waals surface area contributed by atoms with Crippen LogP contribution in [0.2, 0.25) is 5.02 Å². The van der Waals surface area contributed by atoms with Crippen LogP contribution in [0.3, 0.4) is 0 Å². The van der Waals surface area contributed by atoms with Crippen LogP contribution < -0.4 is 9.80 Å². The first-order chi connectivity index (χ1) is 16.8. The number of carbonyl (C=O) groups excluding carboxylic acids is 1. The van der Waals surface area contributed by atoms with Crippen molar-refractivity contribution in [2.75, 3.05) is 23.0 Å². The third kappa shape index (κ3) is 3.05. The van der Waals surface area contributed by atoms with Crippen molar-refractivity contribution in [2.45, 2.75) is 30.6 Å². The number of amides is 1. The van der Waals surface area contributed by atoms with E-state index in [1.165, 1.54) is 12.1 Å². The predicted molar refractivity (Wildman–Crippen MR) is 131 cm³/mol. The van der Waals surface area contributed by atoms with Gasteiger partial charge in [0.1, 0.15) is 0 Å². The molecule has 2 heterocycles. The van der Waals surface area contributed by atoms with E-state index >= 15 is 0 Å². The SMILES string of the molecule is C[C@]1(c2ccc(Cl)cc2)C[C@@]12C(=O)N(c1cc(C(=O)O)cc(N3CCOC3O)c1)c1ccccc12. The fourth-order valence-electron chi connectivity index (χ4n) is 5.78. The summed E-state index contributed by atoms with van der Waals surface area (Å²) in [4.78, 5) is 29.4. The van der Waals surface area contributed by atoms with Gasteiger partial charge in [-0.15, -0.1) is 0 Å². The van der Waals surface area contributed by atoms with Gasteiger partial charge in [0.05, 0.1) is 29.0 Å². The maximum absolute atomic E-state index is 14.2. The zero-order valence-electron chi connectivity index (χ0n) is 18.9. The number of carbonyl (C=O) groups is 2. The Morgan fingerprint density at radius 3 is 2.49 bits per heavy atom. The second-order valence-electron chi connectivity index (χ2n) is 9.51. The highest BCUT2D eigenvalue weighted by Gasteiger charge is 2.74. The smallest absolute Gasteiger partial charge is 0.335 e. The van der Waals surface area contributed by atoms with E-state index in [4.69, 9.17) is 16.3 Å². The molecular weight excluding hydrogens is 468 g/mol. The third-order valence-corrected chi connectivity index (χ3v) is 7.95. The van der Waals surface area contributed by atoms with Gasteiger partial charge < -0.3 is 19.8 Å². The molecule has 7 nitrogen and oxygen atoms in total. The van der Waals surface area contributed by atoms with E-state index in [1.807, 2.05) is 48.5 Å². The normalized spacial score (nSPS) is 26.9. The first-order valence-corrected chi connectivity index (χ1v) is 11.8. The first kappa shape index (κ1) is 22.1. The molecule has 1 unspecified atom stereocenters. The van der Waals surface area contributed by atoms with Crippen molar-refractivity contribution in [1.82, 2.24) is 0 Å². The Morgan fingerprint density at radius 2 is 1.80 bits per heavy atom. The summed E-state index contributed by atoms with van der Waals surface area (Å²) in [6.45, 7) is 2.82. The van der Waals surface area contributed by atoms with Crippen molar-refractivity contribution < 1.29 is 24.5 Å². The van der Waals surface area contributed by atoms with E-state index in [2.05, 4.69) is 6.92 Å². The molecule has 3 aromatic carbocycles. The van der Waals surface area contributed by atoms with Crippen LogP contribution in [-0.4, -0.2) is 41.7 Å². The molecule has 3 aromatic rings. The highest BCUT2D eigenvalue weighted by Crippen LogP contribution is 2.71. The fraction of sp³-hybridized carbons (Fsp3) is 0.259. The molecule has 8 heteroatoms. The largest absolute Gasteiger partial charge is 0.478 e. The summed E-state index contributed by atoms with van der Waals surface area (Å²) >= 11 is 6.11. The van der Waals surface area contributed by atoms with Crippen molar-refractivity contribution >= 4 is 40.5 Å². The van der Waals surface area contributed by atoms with Gasteiger partial charge in [-0.3, -0.25) is 9.69 Å². The van der Waals surface area contributed by atoms with Gasteiger partial charge in [-0.25, -0.2) is 4.79 Å². The molecule has 1 spiro atoms. The lowest BCUT2D eigenvalue weighted by Crippen LogP contribution is -2.34. The van der Waals surface area contributed by atoms with Gasteiger partial charge in [-0.2, -0.15) is 0 Å². The van der Waals surface area contributed by atoms with Gasteiger partial charge in [0.25, 0.3) is 0 Å². The number of nitrogens with zero attached hydrogens (tertiary/aromatic N) is 2. The second kappa shape index (κ2) is 7.55. The Balaban J connectivity index is 1.49. The van der Waals surface area contributed by atoms with Crippen LogP contribution in [0.25, 0.3) is 0 Å². The number of hydrogen-bond donors (Lipinski definition) is 2. The number of aliphatic hydroxyl groups excluding tert-OH is 1. The Kier molecular flexibility index (Phi) is 4.77. The number of aromatic carboxylic acids is 1. The fourth-order valence-corrected chi connectivity index (χ4v) is 5.91. The van der Waals surface area contributed by atoms with Crippen LogP contribution in [0.15, 0.2) is 66.7 Å². The molecule has 1 aliphatic carbocycles. The molecule has 2 N–H and O–H groups in total. The van der Waals surface area contributed by atoms with Gasteiger partial charge in [0, 0.05) is 22.7 Å². The summed E-state index contributed by atoms with van der Waals surface area (Å²) in [5.74, 6) is -1.21. The van der Waals surface area contributed by atoms with E-state index in [-0.39, 0.29) is 11.5 Å². The van der Waals surface area contributed by atoms with E-state index in [9.17, 15) is 19.8 Å². The highest BCUT2D eigenvalue weighted by atomic mass is 35.5. The van der Waals surface area contributed by atoms with Crippen LogP contribution in [0, 0.1) is 0 Å². The van der Waals surface area contributed by atoms with Crippen LogP contribution >= 0.6 is 11.6 Å². The lowest BCUT2D eigenvalue weighted by atomic mass is 9.83.